The van der Waals surface area contributed by atoms with Crippen molar-refractivity contribution in [1.82, 2.24) is 9.62 Å². The molecule has 1 aliphatic rings. The summed E-state index contributed by atoms with van der Waals surface area (Å²) in [5.74, 6) is -0.757. The van der Waals surface area contributed by atoms with Gasteiger partial charge in [0.2, 0.25) is 15.9 Å². The molecule has 0 radical (unpaired) electrons. The average Bonchev–Trinajstić information content (AvgIpc) is 2.54. The molecule has 0 saturated carbocycles. The van der Waals surface area contributed by atoms with Crippen molar-refractivity contribution < 1.29 is 36.2 Å². The van der Waals surface area contributed by atoms with Crippen LogP contribution in [-0.4, -0.2) is 56.4 Å². The first-order valence-electron chi connectivity index (χ1n) is 7.88. The molecular formula is C15H19F3N2O5S. The quantitative estimate of drug-likeness (QED) is 0.754. The topological polar surface area (TPSA) is 95.9 Å². The first-order valence-corrected chi connectivity index (χ1v) is 9.36. The molecule has 11 heteroatoms. The van der Waals surface area contributed by atoms with E-state index in [4.69, 9.17) is 0 Å². The number of ether oxygens (including phenoxy) is 1. The molecule has 2 rings (SSSR count). The Morgan fingerprint density at radius 2 is 1.81 bits per heavy atom. The number of benzene rings is 1. The van der Waals surface area contributed by atoms with E-state index in [0.717, 1.165) is 24.3 Å². The SMILES string of the molecule is O=C(CCNS(=O)(=O)c1ccc(OC(F)(F)F)cc1)N1CCC(O)CC1. The Bertz CT molecular complexity index is 714. The number of sulfonamides is 1. The van der Waals surface area contributed by atoms with Crippen molar-refractivity contribution in [3.05, 3.63) is 24.3 Å². The predicted molar refractivity (Wildman–Crippen MR) is 84.8 cm³/mol. The molecule has 0 aliphatic carbocycles. The van der Waals surface area contributed by atoms with Crippen LogP contribution in [0.4, 0.5) is 13.2 Å². The lowest BCUT2D eigenvalue weighted by Gasteiger charge is -2.29. The number of rotatable bonds is 6. The zero-order valence-corrected chi connectivity index (χ0v) is 14.5. The number of amides is 1. The zero-order chi connectivity index (χ0) is 19.4. The molecule has 1 fully saturated rings. The highest BCUT2D eigenvalue weighted by molar-refractivity contribution is 7.89. The van der Waals surface area contributed by atoms with Gasteiger partial charge in [-0.05, 0) is 37.1 Å². The number of carbonyl (C=O) groups is 1. The van der Waals surface area contributed by atoms with Crippen molar-refractivity contribution in [3.63, 3.8) is 0 Å². The van der Waals surface area contributed by atoms with Crippen molar-refractivity contribution in [1.29, 1.82) is 0 Å². The Morgan fingerprint density at radius 1 is 1.23 bits per heavy atom. The molecule has 0 aromatic heterocycles. The predicted octanol–water partition coefficient (Wildman–Crippen LogP) is 1.24. The summed E-state index contributed by atoms with van der Waals surface area (Å²) in [5, 5.41) is 9.40. The summed E-state index contributed by atoms with van der Waals surface area (Å²) in [4.78, 5) is 13.3. The van der Waals surface area contributed by atoms with E-state index in [0.29, 0.717) is 25.9 Å². The van der Waals surface area contributed by atoms with E-state index in [1.165, 1.54) is 0 Å². The van der Waals surface area contributed by atoms with Gasteiger partial charge in [-0.2, -0.15) is 0 Å². The van der Waals surface area contributed by atoms with Gasteiger partial charge >= 0.3 is 6.36 Å². The number of nitrogens with one attached hydrogen (secondary N) is 1. The van der Waals surface area contributed by atoms with Gasteiger partial charge in [-0.1, -0.05) is 0 Å². The van der Waals surface area contributed by atoms with Gasteiger partial charge in [-0.3, -0.25) is 4.79 Å². The lowest BCUT2D eigenvalue weighted by Crippen LogP contribution is -2.41. The second kappa shape index (κ2) is 8.23. The molecule has 1 aliphatic heterocycles. The molecule has 146 valence electrons. The summed E-state index contributed by atoms with van der Waals surface area (Å²) in [6.45, 7) is 0.710. The highest BCUT2D eigenvalue weighted by atomic mass is 32.2. The van der Waals surface area contributed by atoms with Crippen molar-refractivity contribution in [3.8, 4) is 5.75 Å². The molecule has 0 bridgehead atoms. The van der Waals surface area contributed by atoms with Crippen molar-refractivity contribution in [2.75, 3.05) is 19.6 Å². The molecule has 2 N–H and O–H groups in total. The van der Waals surface area contributed by atoms with Crippen molar-refractivity contribution >= 4 is 15.9 Å². The zero-order valence-electron chi connectivity index (χ0n) is 13.7. The maximum Gasteiger partial charge on any atom is 0.573 e. The fourth-order valence-corrected chi connectivity index (χ4v) is 3.50. The lowest BCUT2D eigenvalue weighted by atomic mass is 10.1. The van der Waals surface area contributed by atoms with Gasteiger partial charge in [0.05, 0.1) is 11.0 Å². The molecule has 0 atom stereocenters. The number of hydrogen-bond acceptors (Lipinski definition) is 5. The minimum Gasteiger partial charge on any atom is -0.406 e. The van der Waals surface area contributed by atoms with Gasteiger partial charge in [-0.15, -0.1) is 13.2 Å². The average molecular weight is 396 g/mol. The number of alkyl halides is 3. The van der Waals surface area contributed by atoms with E-state index >= 15 is 0 Å². The number of likely N-dealkylation sites (tertiary alicyclic amines) is 1. The van der Waals surface area contributed by atoms with Crippen LogP contribution in [0, 0.1) is 0 Å². The van der Waals surface area contributed by atoms with Gasteiger partial charge in [0.15, 0.2) is 0 Å². The first-order chi connectivity index (χ1) is 12.1. The number of halogens is 3. The van der Waals surface area contributed by atoms with E-state index in [2.05, 4.69) is 9.46 Å². The van der Waals surface area contributed by atoms with E-state index in [1.54, 1.807) is 4.90 Å². The maximum absolute atomic E-state index is 12.1. The summed E-state index contributed by atoms with van der Waals surface area (Å²) in [6, 6.07) is 3.76. The number of aliphatic hydroxyl groups excluding tert-OH is 1. The Morgan fingerprint density at radius 3 is 2.35 bits per heavy atom. The van der Waals surface area contributed by atoms with Crippen LogP contribution in [0.3, 0.4) is 0 Å². The Labute approximate surface area is 148 Å². The van der Waals surface area contributed by atoms with Crippen LogP contribution in [0.1, 0.15) is 19.3 Å². The molecule has 7 nitrogen and oxygen atoms in total. The summed E-state index contributed by atoms with van der Waals surface area (Å²) in [5.41, 5.74) is 0. The van der Waals surface area contributed by atoms with Gasteiger partial charge in [0.1, 0.15) is 5.75 Å². The fraction of sp³-hybridized carbons (Fsp3) is 0.533. The van der Waals surface area contributed by atoms with E-state index in [-0.39, 0.29) is 23.8 Å². The second-order valence-corrected chi connectivity index (χ2v) is 7.55. The van der Waals surface area contributed by atoms with Gasteiger partial charge in [0, 0.05) is 26.1 Å². The van der Waals surface area contributed by atoms with E-state index < -0.39 is 28.2 Å². The highest BCUT2D eigenvalue weighted by Crippen LogP contribution is 2.23. The minimum atomic E-state index is -4.86. The molecule has 0 spiro atoms. The van der Waals surface area contributed by atoms with Crippen LogP contribution < -0.4 is 9.46 Å². The smallest absolute Gasteiger partial charge is 0.406 e. The monoisotopic (exact) mass is 396 g/mol. The summed E-state index contributed by atoms with van der Waals surface area (Å²) in [6.07, 6.45) is -4.34. The van der Waals surface area contributed by atoms with Crippen LogP contribution in [0.25, 0.3) is 0 Å². The highest BCUT2D eigenvalue weighted by Gasteiger charge is 2.31. The minimum absolute atomic E-state index is 0.0510. The normalized spacial score (nSPS) is 16.5. The van der Waals surface area contributed by atoms with Crippen LogP contribution in [0.2, 0.25) is 0 Å². The largest absolute Gasteiger partial charge is 0.573 e. The molecule has 0 unspecified atom stereocenters. The molecule has 1 heterocycles. The fourth-order valence-electron chi connectivity index (χ4n) is 2.47. The Balaban J connectivity index is 1.85. The molecule has 1 saturated heterocycles. The number of nitrogens with zero attached hydrogens (tertiary/aromatic N) is 1. The number of aliphatic hydroxyl groups is 1. The molecule has 1 aromatic carbocycles. The van der Waals surface area contributed by atoms with Gasteiger partial charge in [0.25, 0.3) is 0 Å². The number of piperidine rings is 1. The summed E-state index contributed by atoms with van der Waals surface area (Å²) >= 11 is 0. The maximum atomic E-state index is 12.1. The summed E-state index contributed by atoms with van der Waals surface area (Å²) < 4.78 is 66.4. The van der Waals surface area contributed by atoms with Crippen LogP contribution in [-0.2, 0) is 14.8 Å². The Hall–Kier alpha value is -1.85. The van der Waals surface area contributed by atoms with Gasteiger partial charge < -0.3 is 14.7 Å². The molecule has 1 amide bonds. The standard InChI is InChI=1S/C15H19F3N2O5S/c16-15(17,18)25-12-1-3-13(4-2-12)26(23,24)19-8-5-14(22)20-9-6-11(21)7-10-20/h1-4,11,19,21H,5-10H2. The van der Waals surface area contributed by atoms with Crippen LogP contribution in [0.15, 0.2) is 29.2 Å². The third-order valence-corrected chi connectivity index (χ3v) is 5.29. The first kappa shape index (κ1) is 20.5. The molecule has 26 heavy (non-hydrogen) atoms. The number of carbonyl (C=O) groups excluding carboxylic acids is 1. The van der Waals surface area contributed by atoms with Crippen molar-refractivity contribution in [2.24, 2.45) is 0 Å². The van der Waals surface area contributed by atoms with Crippen LogP contribution in [0.5, 0.6) is 5.75 Å². The van der Waals surface area contributed by atoms with Gasteiger partial charge in [-0.25, -0.2) is 13.1 Å². The lowest BCUT2D eigenvalue weighted by molar-refractivity contribution is -0.274. The van der Waals surface area contributed by atoms with E-state index in [1.807, 2.05) is 0 Å². The third kappa shape index (κ3) is 6.15. The molecular weight excluding hydrogens is 377 g/mol. The summed E-state index contributed by atoms with van der Waals surface area (Å²) in [7, 11) is -3.95. The van der Waals surface area contributed by atoms with Crippen LogP contribution >= 0.6 is 0 Å². The third-order valence-electron chi connectivity index (χ3n) is 3.82. The number of hydrogen-bond donors (Lipinski definition) is 2. The van der Waals surface area contributed by atoms with Crippen molar-refractivity contribution in [2.45, 2.75) is 36.6 Å². The Kier molecular flexibility index (Phi) is 6.48. The van der Waals surface area contributed by atoms with E-state index in [9.17, 15) is 31.5 Å². The second-order valence-electron chi connectivity index (χ2n) is 5.78. The molecule has 1 aromatic rings.